The van der Waals surface area contributed by atoms with E-state index in [0.29, 0.717) is 11.8 Å². The van der Waals surface area contributed by atoms with E-state index >= 15 is 0 Å². The van der Waals surface area contributed by atoms with Crippen molar-refractivity contribution in [3.63, 3.8) is 0 Å². The summed E-state index contributed by atoms with van der Waals surface area (Å²) in [6, 6.07) is 4.46. The molecule has 7 aliphatic rings. The van der Waals surface area contributed by atoms with Gasteiger partial charge in [-0.1, -0.05) is 26.8 Å². The Morgan fingerprint density at radius 1 is 1.18 bits per heavy atom. The van der Waals surface area contributed by atoms with Gasteiger partial charge in [0.05, 0.1) is 24.9 Å². The van der Waals surface area contributed by atoms with Crippen molar-refractivity contribution in [3.8, 4) is 11.5 Å². The fourth-order valence-electron chi connectivity index (χ4n) is 9.95. The van der Waals surface area contributed by atoms with Gasteiger partial charge in [0.15, 0.2) is 11.5 Å². The van der Waals surface area contributed by atoms with Gasteiger partial charge in [-0.05, 0) is 81.4 Å². The molecule has 2 aliphatic heterocycles. The van der Waals surface area contributed by atoms with Crippen LogP contribution < -0.4 is 4.74 Å². The molecule has 10 heteroatoms. The van der Waals surface area contributed by atoms with E-state index in [9.17, 15) is 15.0 Å². The van der Waals surface area contributed by atoms with Crippen LogP contribution in [0.2, 0.25) is 0 Å². The first kappa shape index (κ1) is 31.9. The molecule has 10 nitrogen and oxygen atoms in total. The van der Waals surface area contributed by atoms with Crippen molar-refractivity contribution in [1.29, 1.82) is 0 Å². The summed E-state index contributed by atoms with van der Waals surface area (Å²) in [4.78, 5) is 12.5. The Balaban J connectivity index is 0.000000299. The number of hydrogen-bond donors (Lipinski definition) is 5. The van der Waals surface area contributed by atoms with E-state index in [1.165, 1.54) is 30.5 Å². The molecule has 2 spiro atoms. The molecular formula is C34H51NO9. The van der Waals surface area contributed by atoms with E-state index in [0.717, 1.165) is 44.6 Å². The molecule has 0 amide bonds. The second-order valence-corrected chi connectivity index (χ2v) is 15.5. The Bertz CT molecular complexity index is 1270. The van der Waals surface area contributed by atoms with Crippen molar-refractivity contribution in [1.82, 2.24) is 4.90 Å². The SMILES string of the molecule is CO[C@@]12CC[C@@]3(C[C@@H]1[C@](C)(O)C(C)(C)C)[C@H]1Cc4ccc(O)c5c4[C@@]3(CCN1CC1CC1)[C@H]2O5.O=C(O)OCCC(O)CO. The van der Waals surface area contributed by atoms with E-state index in [1.54, 1.807) is 0 Å². The van der Waals surface area contributed by atoms with Crippen molar-refractivity contribution in [3.05, 3.63) is 23.3 Å². The van der Waals surface area contributed by atoms with Crippen molar-refractivity contribution in [2.45, 2.75) is 114 Å². The molecule has 4 bridgehead atoms. The van der Waals surface area contributed by atoms with Crippen LogP contribution >= 0.6 is 0 Å². The lowest BCUT2D eigenvalue weighted by atomic mass is 9.33. The third kappa shape index (κ3) is 4.42. The van der Waals surface area contributed by atoms with E-state index in [-0.39, 0.29) is 53.7 Å². The number of hydrogen-bond acceptors (Lipinski definition) is 9. The molecule has 5 aliphatic carbocycles. The Hall–Kier alpha value is -2.11. The Morgan fingerprint density at radius 3 is 2.52 bits per heavy atom. The van der Waals surface area contributed by atoms with Crippen LogP contribution in [0.4, 0.5) is 4.79 Å². The number of carboxylic acid groups (broad SMARTS) is 1. The minimum Gasteiger partial charge on any atom is -0.504 e. The molecule has 5 N–H and O–H groups in total. The van der Waals surface area contributed by atoms with Gasteiger partial charge in [0.2, 0.25) is 0 Å². The van der Waals surface area contributed by atoms with Crippen LogP contribution in [-0.2, 0) is 21.3 Å². The third-order valence-corrected chi connectivity index (χ3v) is 12.7. The highest BCUT2D eigenvalue weighted by molar-refractivity contribution is 5.63. The van der Waals surface area contributed by atoms with Crippen molar-refractivity contribution in [2.24, 2.45) is 22.7 Å². The number of methoxy groups -OCH3 is 1. The zero-order valence-corrected chi connectivity index (χ0v) is 26.8. The first-order valence-corrected chi connectivity index (χ1v) is 16.4. The molecule has 8 rings (SSSR count). The molecule has 4 saturated carbocycles. The number of ether oxygens (including phenoxy) is 3. The molecule has 246 valence electrons. The number of rotatable bonds is 8. The fourth-order valence-corrected chi connectivity index (χ4v) is 9.95. The first-order valence-electron chi connectivity index (χ1n) is 16.4. The van der Waals surface area contributed by atoms with Crippen LogP contribution in [0.25, 0.3) is 0 Å². The van der Waals surface area contributed by atoms with Crippen molar-refractivity contribution in [2.75, 3.05) is 33.4 Å². The number of phenols is 1. The van der Waals surface area contributed by atoms with Crippen LogP contribution in [0.15, 0.2) is 12.1 Å². The number of likely N-dealkylation sites (tertiary alicyclic amines) is 1. The number of benzene rings is 1. The van der Waals surface area contributed by atoms with Crippen LogP contribution in [0.1, 0.15) is 83.8 Å². The highest BCUT2D eigenvalue weighted by Crippen LogP contribution is 2.78. The standard InChI is InChI=1S/C29H41NO4.C5H10O5/c1-25(2,3)26(4,32)20-15-27-10-11-29(20,33-5)24-28(27)12-13-30(16-17-6-7-17)21(27)14-18-8-9-19(31)23(34-24)22(18)28;6-3-4(7)1-2-10-5(8)9/h8-9,17,20-21,24,31-32H,6-7,10-16H2,1-5H3;4,6-7H,1-3H2,(H,8,9)/t20-,21-,24-,26+,27-,28+,29+;/m1./s1. The number of phenolic OH excluding ortho intramolecular Hbond substituents is 1. The van der Waals surface area contributed by atoms with Gasteiger partial charge >= 0.3 is 6.16 Å². The van der Waals surface area contributed by atoms with Gasteiger partial charge in [-0.3, -0.25) is 4.90 Å². The molecule has 8 atom stereocenters. The lowest BCUT2D eigenvalue weighted by Crippen LogP contribution is -2.83. The van der Waals surface area contributed by atoms with Crippen molar-refractivity contribution >= 4 is 6.16 Å². The molecule has 1 saturated heterocycles. The molecule has 0 aromatic heterocycles. The van der Waals surface area contributed by atoms with Crippen LogP contribution in [-0.4, -0.2) is 99.5 Å². The monoisotopic (exact) mass is 617 g/mol. The fraction of sp³-hybridized carbons (Fsp3) is 0.794. The predicted molar refractivity (Wildman–Crippen MR) is 162 cm³/mol. The molecule has 1 unspecified atom stereocenters. The Morgan fingerprint density at radius 2 is 1.91 bits per heavy atom. The summed E-state index contributed by atoms with van der Waals surface area (Å²) in [5.74, 6) is 1.80. The second kappa shape index (κ2) is 10.7. The summed E-state index contributed by atoms with van der Waals surface area (Å²) in [6.45, 7) is 10.3. The third-order valence-electron chi connectivity index (χ3n) is 12.7. The van der Waals surface area contributed by atoms with Gasteiger partial charge in [0.1, 0.15) is 11.7 Å². The summed E-state index contributed by atoms with van der Waals surface area (Å²) in [5, 5.41) is 48.0. The van der Waals surface area contributed by atoms with Crippen molar-refractivity contribution < 1.29 is 44.5 Å². The van der Waals surface area contributed by atoms with Crippen LogP contribution in [0.3, 0.4) is 0 Å². The molecule has 1 aromatic rings. The summed E-state index contributed by atoms with van der Waals surface area (Å²) < 4.78 is 17.5. The lowest BCUT2D eigenvalue weighted by molar-refractivity contribution is -0.312. The maximum Gasteiger partial charge on any atom is 0.505 e. The number of aliphatic hydroxyl groups is 3. The minimum absolute atomic E-state index is 0.0294. The maximum absolute atomic E-state index is 12.2. The number of piperidine rings is 1. The quantitative estimate of drug-likeness (QED) is 0.273. The smallest absolute Gasteiger partial charge is 0.504 e. The number of aromatic hydroxyl groups is 1. The largest absolute Gasteiger partial charge is 0.505 e. The van der Waals surface area contributed by atoms with E-state index in [1.807, 2.05) is 20.1 Å². The molecular weight excluding hydrogens is 566 g/mol. The van der Waals surface area contributed by atoms with E-state index < -0.39 is 23.5 Å². The van der Waals surface area contributed by atoms with Gasteiger partial charge < -0.3 is 39.7 Å². The minimum atomic E-state index is -1.37. The van der Waals surface area contributed by atoms with Gasteiger partial charge in [-0.15, -0.1) is 0 Å². The molecule has 0 radical (unpaired) electrons. The maximum atomic E-state index is 12.2. The molecule has 5 fully saturated rings. The number of nitrogens with zero attached hydrogens (tertiary/aromatic N) is 1. The summed E-state index contributed by atoms with van der Waals surface area (Å²) in [7, 11) is 1.83. The molecule has 2 heterocycles. The van der Waals surface area contributed by atoms with Crippen LogP contribution in [0.5, 0.6) is 11.5 Å². The molecule has 44 heavy (non-hydrogen) atoms. The summed E-state index contributed by atoms with van der Waals surface area (Å²) in [6.07, 6.45) is 5.50. The summed E-state index contributed by atoms with van der Waals surface area (Å²) >= 11 is 0. The number of carbonyl (C=O) groups is 1. The predicted octanol–water partition coefficient (Wildman–Crippen LogP) is 3.84. The lowest BCUT2D eigenvalue weighted by Gasteiger charge is -2.75. The highest BCUT2D eigenvalue weighted by atomic mass is 16.7. The molecule has 1 aromatic carbocycles. The zero-order chi connectivity index (χ0) is 31.9. The highest BCUT2D eigenvalue weighted by Gasteiger charge is 2.82. The average Bonchev–Trinajstić information content (AvgIpc) is 3.71. The number of fused-ring (bicyclic) bond motifs is 2. The zero-order valence-electron chi connectivity index (χ0n) is 26.8. The Kier molecular flexibility index (Phi) is 7.76. The van der Waals surface area contributed by atoms with Gasteiger partial charge in [-0.2, -0.15) is 0 Å². The van der Waals surface area contributed by atoms with Gasteiger partial charge in [-0.25, -0.2) is 4.79 Å². The second-order valence-electron chi connectivity index (χ2n) is 15.5. The average molecular weight is 618 g/mol. The normalized spacial score (nSPS) is 36.8. The van der Waals surface area contributed by atoms with Crippen LogP contribution in [0, 0.1) is 22.7 Å². The Labute approximate surface area is 260 Å². The van der Waals surface area contributed by atoms with Gasteiger partial charge in [0, 0.05) is 48.4 Å². The topological polar surface area (TPSA) is 149 Å². The van der Waals surface area contributed by atoms with Gasteiger partial charge in [0.25, 0.3) is 0 Å². The summed E-state index contributed by atoms with van der Waals surface area (Å²) in [5.41, 5.74) is 0.783. The van der Waals surface area contributed by atoms with E-state index in [2.05, 4.69) is 36.5 Å². The number of aliphatic hydroxyl groups excluding tert-OH is 2. The first-order chi connectivity index (χ1) is 20.7. The van der Waals surface area contributed by atoms with E-state index in [4.69, 9.17) is 24.8 Å².